The van der Waals surface area contributed by atoms with Crippen molar-refractivity contribution in [1.29, 1.82) is 0 Å². The summed E-state index contributed by atoms with van der Waals surface area (Å²) in [6.07, 6.45) is 1.14. The molecule has 21 heavy (non-hydrogen) atoms. The quantitative estimate of drug-likeness (QED) is 0.774. The van der Waals surface area contributed by atoms with Crippen LogP contribution in [0.5, 0.6) is 0 Å². The molecular weight excluding hydrogens is 262 g/mol. The number of anilines is 1. The van der Waals surface area contributed by atoms with Crippen molar-refractivity contribution in [3.05, 3.63) is 29.8 Å². The van der Waals surface area contributed by atoms with Crippen LogP contribution in [0.4, 0.5) is 5.69 Å². The number of nitrogens with zero attached hydrogens (tertiary/aromatic N) is 1. The highest BCUT2D eigenvalue weighted by molar-refractivity contribution is 5.94. The van der Waals surface area contributed by atoms with Crippen LogP contribution in [-0.4, -0.2) is 43.0 Å². The van der Waals surface area contributed by atoms with Gasteiger partial charge in [-0.05, 0) is 46.4 Å². The molecule has 2 N–H and O–H groups in total. The number of hydrogen-bond donors (Lipinski definition) is 2. The molecular formula is C17H29N3O. The van der Waals surface area contributed by atoms with Crippen molar-refractivity contribution in [2.75, 3.05) is 25.5 Å². The Balaban J connectivity index is 2.33. The lowest BCUT2D eigenvalue weighted by atomic mass is 10.2. The molecule has 0 heterocycles. The maximum absolute atomic E-state index is 12.1. The predicted molar refractivity (Wildman–Crippen MR) is 89.7 cm³/mol. The average Bonchev–Trinajstić information content (AvgIpc) is 2.48. The second-order valence-electron chi connectivity index (χ2n) is 5.77. The summed E-state index contributed by atoms with van der Waals surface area (Å²) in [7, 11) is 2.12. The number of amides is 1. The van der Waals surface area contributed by atoms with Crippen LogP contribution in [0, 0.1) is 6.92 Å². The summed E-state index contributed by atoms with van der Waals surface area (Å²) >= 11 is 0. The summed E-state index contributed by atoms with van der Waals surface area (Å²) in [6.45, 7) is 10.1. The Kier molecular flexibility index (Phi) is 7.40. The van der Waals surface area contributed by atoms with Crippen molar-refractivity contribution >= 4 is 11.6 Å². The van der Waals surface area contributed by atoms with Crippen molar-refractivity contribution in [3.8, 4) is 0 Å². The first-order chi connectivity index (χ1) is 9.93. The molecule has 0 fully saturated rings. The smallest absolute Gasteiger partial charge is 0.241 e. The summed E-state index contributed by atoms with van der Waals surface area (Å²) in [4.78, 5) is 14.4. The van der Waals surface area contributed by atoms with Gasteiger partial charge in [-0.2, -0.15) is 0 Å². The average molecular weight is 291 g/mol. The standard InChI is InChI=1S/C17H29N3O/c1-6-14(3)20(5)12-11-18-15(4)17(21)19-16-9-7-13(2)8-10-16/h7-10,14-15,18H,6,11-12H2,1-5H3,(H,19,21). The molecule has 0 aromatic heterocycles. The summed E-state index contributed by atoms with van der Waals surface area (Å²) in [6, 6.07) is 8.22. The van der Waals surface area contributed by atoms with E-state index in [2.05, 4.69) is 36.4 Å². The van der Waals surface area contributed by atoms with Crippen LogP contribution in [0.3, 0.4) is 0 Å². The molecule has 0 saturated carbocycles. The lowest BCUT2D eigenvalue weighted by Crippen LogP contribution is -2.42. The predicted octanol–water partition coefficient (Wildman–Crippen LogP) is 2.64. The van der Waals surface area contributed by atoms with Crippen molar-refractivity contribution in [2.45, 2.75) is 46.2 Å². The number of rotatable bonds is 8. The Morgan fingerprint density at radius 2 is 1.86 bits per heavy atom. The van der Waals surface area contributed by atoms with Gasteiger partial charge in [-0.25, -0.2) is 0 Å². The molecule has 0 bridgehead atoms. The van der Waals surface area contributed by atoms with Gasteiger partial charge >= 0.3 is 0 Å². The van der Waals surface area contributed by atoms with E-state index in [4.69, 9.17) is 0 Å². The van der Waals surface area contributed by atoms with Crippen LogP contribution in [0.15, 0.2) is 24.3 Å². The van der Waals surface area contributed by atoms with E-state index in [0.29, 0.717) is 6.04 Å². The fourth-order valence-electron chi connectivity index (χ4n) is 1.97. The maximum atomic E-state index is 12.1. The second kappa shape index (κ2) is 8.80. The van der Waals surface area contributed by atoms with Gasteiger partial charge in [0, 0.05) is 24.8 Å². The minimum atomic E-state index is -0.198. The van der Waals surface area contributed by atoms with E-state index in [1.54, 1.807) is 0 Å². The molecule has 1 aromatic rings. The zero-order valence-corrected chi connectivity index (χ0v) is 13.9. The number of carbonyl (C=O) groups excluding carboxylic acids is 1. The van der Waals surface area contributed by atoms with Gasteiger partial charge in [0.1, 0.15) is 0 Å². The van der Waals surface area contributed by atoms with E-state index in [-0.39, 0.29) is 11.9 Å². The fraction of sp³-hybridized carbons (Fsp3) is 0.588. The zero-order chi connectivity index (χ0) is 15.8. The monoisotopic (exact) mass is 291 g/mol. The van der Waals surface area contributed by atoms with E-state index in [9.17, 15) is 4.79 Å². The number of aryl methyl sites for hydroxylation is 1. The number of hydrogen-bond acceptors (Lipinski definition) is 3. The SMILES string of the molecule is CCC(C)N(C)CCNC(C)C(=O)Nc1ccc(C)cc1. The lowest BCUT2D eigenvalue weighted by Gasteiger charge is -2.24. The topological polar surface area (TPSA) is 44.4 Å². The zero-order valence-electron chi connectivity index (χ0n) is 13.9. The van der Waals surface area contributed by atoms with Crippen LogP contribution in [0.25, 0.3) is 0 Å². The number of nitrogens with one attached hydrogen (secondary N) is 2. The Morgan fingerprint density at radius 3 is 2.43 bits per heavy atom. The highest BCUT2D eigenvalue weighted by atomic mass is 16.2. The number of likely N-dealkylation sites (N-methyl/N-ethyl adjacent to an activating group) is 1. The lowest BCUT2D eigenvalue weighted by molar-refractivity contribution is -0.117. The van der Waals surface area contributed by atoms with Crippen molar-refractivity contribution in [3.63, 3.8) is 0 Å². The second-order valence-corrected chi connectivity index (χ2v) is 5.77. The van der Waals surface area contributed by atoms with Gasteiger partial charge in [0.05, 0.1) is 6.04 Å². The van der Waals surface area contributed by atoms with Gasteiger partial charge in [0.2, 0.25) is 5.91 Å². The van der Waals surface area contributed by atoms with E-state index in [1.165, 1.54) is 5.56 Å². The first-order valence-corrected chi connectivity index (χ1v) is 7.75. The first kappa shape index (κ1) is 17.7. The number of benzene rings is 1. The summed E-state index contributed by atoms with van der Waals surface area (Å²) in [5, 5.41) is 6.20. The van der Waals surface area contributed by atoms with Gasteiger partial charge in [0.15, 0.2) is 0 Å². The molecule has 0 aliphatic heterocycles. The van der Waals surface area contributed by atoms with E-state index >= 15 is 0 Å². The third kappa shape index (κ3) is 6.27. The Morgan fingerprint density at radius 1 is 1.24 bits per heavy atom. The minimum absolute atomic E-state index is 0.00467. The molecule has 4 heteroatoms. The Bertz CT molecular complexity index is 430. The van der Waals surface area contributed by atoms with Gasteiger partial charge in [-0.3, -0.25) is 4.79 Å². The Labute approximate surface area is 128 Å². The van der Waals surface area contributed by atoms with Crippen molar-refractivity contribution in [2.24, 2.45) is 0 Å². The molecule has 1 rings (SSSR count). The normalized spacial score (nSPS) is 14.0. The summed E-state index contributed by atoms with van der Waals surface area (Å²) in [5.41, 5.74) is 2.03. The van der Waals surface area contributed by atoms with E-state index in [1.807, 2.05) is 38.1 Å². The van der Waals surface area contributed by atoms with Crippen LogP contribution >= 0.6 is 0 Å². The van der Waals surface area contributed by atoms with Gasteiger partial charge in [-0.15, -0.1) is 0 Å². The van der Waals surface area contributed by atoms with Crippen LogP contribution in [-0.2, 0) is 4.79 Å². The van der Waals surface area contributed by atoms with E-state index in [0.717, 1.165) is 25.2 Å². The molecule has 118 valence electrons. The van der Waals surface area contributed by atoms with Crippen molar-refractivity contribution < 1.29 is 4.79 Å². The molecule has 0 spiro atoms. The molecule has 1 amide bonds. The number of carbonyl (C=O) groups is 1. The van der Waals surface area contributed by atoms with Gasteiger partial charge in [-0.1, -0.05) is 24.6 Å². The van der Waals surface area contributed by atoms with E-state index < -0.39 is 0 Å². The molecule has 0 radical (unpaired) electrons. The molecule has 1 aromatic carbocycles. The maximum Gasteiger partial charge on any atom is 0.241 e. The summed E-state index contributed by atoms with van der Waals surface area (Å²) < 4.78 is 0. The van der Waals surface area contributed by atoms with Crippen LogP contribution < -0.4 is 10.6 Å². The molecule has 2 atom stereocenters. The highest BCUT2D eigenvalue weighted by Crippen LogP contribution is 2.08. The molecule has 0 aliphatic rings. The Hall–Kier alpha value is -1.39. The van der Waals surface area contributed by atoms with Gasteiger partial charge < -0.3 is 15.5 Å². The third-order valence-electron chi connectivity index (χ3n) is 3.97. The molecule has 4 nitrogen and oxygen atoms in total. The third-order valence-corrected chi connectivity index (χ3v) is 3.97. The molecule has 0 aliphatic carbocycles. The van der Waals surface area contributed by atoms with Crippen molar-refractivity contribution in [1.82, 2.24) is 10.2 Å². The highest BCUT2D eigenvalue weighted by Gasteiger charge is 2.13. The summed E-state index contributed by atoms with van der Waals surface area (Å²) in [5.74, 6) is 0.00467. The van der Waals surface area contributed by atoms with Gasteiger partial charge in [0.25, 0.3) is 0 Å². The fourth-order valence-corrected chi connectivity index (χ4v) is 1.97. The van der Waals surface area contributed by atoms with Crippen LogP contribution in [0.1, 0.15) is 32.8 Å². The molecule has 0 saturated heterocycles. The minimum Gasteiger partial charge on any atom is -0.325 e. The first-order valence-electron chi connectivity index (χ1n) is 7.75. The molecule has 2 unspecified atom stereocenters. The van der Waals surface area contributed by atoms with Crippen LogP contribution in [0.2, 0.25) is 0 Å². The largest absolute Gasteiger partial charge is 0.325 e.